The highest BCUT2D eigenvalue weighted by Crippen LogP contribution is 2.61. The van der Waals surface area contributed by atoms with Gasteiger partial charge in [0.1, 0.15) is 0 Å². The lowest BCUT2D eigenvalue weighted by atomic mass is 9.78. The smallest absolute Gasteiger partial charge is 0.000695 e. The maximum atomic E-state index is 2.42. The standard InChI is InChI=1S/C54H32/c1-5-15-33(16-6-1)38-28-31-44-49-45(32-29-39(48(38)49)34-17-7-2-8-18-34)54-52(44)47(37-21-11-4-12-22-37)50-40(35-19-9-3-10-20-35)27-30-42-41-25-13-23-36-24-14-26-43(46(36)41)53(54)51(42)50/h1-32H. The molecule has 0 bridgehead atoms. The maximum Gasteiger partial charge on any atom is -0.000695 e. The van der Waals surface area contributed by atoms with Crippen LogP contribution in [0.3, 0.4) is 0 Å². The van der Waals surface area contributed by atoms with Crippen LogP contribution in [-0.4, -0.2) is 0 Å². The quantitative estimate of drug-likeness (QED) is 0.128. The number of rotatable bonds is 4. The lowest BCUT2D eigenvalue weighted by Crippen LogP contribution is -1.96. The Kier molecular flexibility index (Phi) is 6.15. The average Bonchev–Trinajstić information content (AvgIpc) is 3.58. The first-order chi connectivity index (χ1) is 26.8. The molecule has 0 amide bonds. The maximum absolute atomic E-state index is 2.42. The molecule has 0 radical (unpaired) electrons. The molecule has 0 heterocycles. The van der Waals surface area contributed by atoms with Gasteiger partial charge in [0, 0.05) is 0 Å². The van der Waals surface area contributed by atoms with Crippen molar-refractivity contribution in [2.24, 2.45) is 0 Å². The predicted octanol–water partition coefficient (Wildman–Crippen LogP) is 15.2. The normalized spacial score (nSPS) is 12.1. The summed E-state index contributed by atoms with van der Waals surface area (Å²) >= 11 is 0. The van der Waals surface area contributed by atoms with E-state index >= 15 is 0 Å². The molecule has 12 rings (SSSR count). The summed E-state index contributed by atoms with van der Waals surface area (Å²) < 4.78 is 0. The summed E-state index contributed by atoms with van der Waals surface area (Å²) in [4.78, 5) is 0. The van der Waals surface area contributed by atoms with Crippen LogP contribution in [0.25, 0.3) is 121 Å². The minimum Gasteiger partial charge on any atom is -0.0622 e. The van der Waals surface area contributed by atoms with Crippen LogP contribution < -0.4 is 0 Å². The van der Waals surface area contributed by atoms with Gasteiger partial charge in [0.05, 0.1) is 0 Å². The van der Waals surface area contributed by atoms with E-state index in [1.165, 1.54) is 121 Å². The summed E-state index contributed by atoms with van der Waals surface area (Å²) in [5.41, 5.74) is 15.3. The van der Waals surface area contributed by atoms with Gasteiger partial charge in [0.2, 0.25) is 0 Å². The fourth-order valence-corrected chi connectivity index (χ4v) is 9.81. The second-order valence-corrected chi connectivity index (χ2v) is 14.7. The lowest BCUT2D eigenvalue weighted by Gasteiger charge is -2.24. The highest BCUT2D eigenvalue weighted by atomic mass is 14.4. The van der Waals surface area contributed by atoms with Crippen molar-refractivity contribution in [3.05, 3.63) is 194 Å². The van der Waals surface area contributed by atoms with Crippen LogP contribution >= 0.6 is 0 Å². The third-order valence-corrected chi connectivity index (χ3v) is 11.9. The molecule has 0 atom stereocenters. The fourth-order valence-electron chi connectivity index (χ4n) is 9.81. The van der Waals surface area contributed by atoms with E-state index in [4.69, 9.17) is 0 Å². The Hall–Kier alpha value is -7.02. The second kappa shape index (κ2) is 11.2. The lowest BCUT2D eigenvalue weighted by molar-refractivity contribution is 1.63. The van der Waals surface area contributed by atoms with E-state index < -0.39 is 0 Å². The Bertz CT molecular complexity index is 3220. The van der Waals surface area contributed by atoms with Crippen LogP contribution in [-0.2, 0) is 0 Å². The van der Waals surface area contributed by atoms with Crippen LogP contribution in [0.4, 0.5) is 0 Å². The highest BCUT2D eigenvalue weighted by Gasteiger charge is 2.33. The molecule has 0 nitrogen and oxygen atoms in total. The summed E-state index contributed by atoms with van der Waals surface area (Å²) in [6.07, 6.45) is 0. The average molecular weight is 681 g/mol. The van der Waals surface area contributed by atoms with Gasteiger partial charge >= 0.3 is 0 Å². The Morgan fingerprint density at radius 1 is 0.185 bits per heavy atom. The molecule has 0 aromatic heterocycles. The molecule has 11 aromatic carbocycles. The molecule has 54 heavy (non-hydrogen) atoms. The van der Waals surface area contributed by atoms with E-state index in [1.54, 1.807) is 0 Å². The third-order valence-electron chi connectivity index (χ3n) is 11.9. The van der Waals surface area contributed by atoms with Gasteiger partial charge in [-0.25, -0.2) is 0 Å². The molecule has 11 aromatic rings. The first-order valence-electron chi connectivity index (χ1n) is 18.9. The number of fused-ring (bicyclic) bond motifs is 6. The van der Waals surface area contributed by atoms with Gasteiger partial charge in [-0.3, -0.25) is 0 Å². The first kappa shape index (κ1) is 29.5. The van der Waals surface area contributed by atoms with Gasteiger partial charge < -0.3 is 0 Å². The van der Waals surface area contributed by atoms with E-state index in [1.807, 2.05) is 0 Å². The van der Waals surface area contributed by atoms with E-state index in [9.17, 15) is 0 Å². The second-order valence-electron chi connectivity index (χ2n) is 14.7. The Morgan fingerprint density at radius 3 is 1.19 bits per heavy atom. The van der Waals surface area contributed by atoms with Crippen LogP contribution in [0.5, 0.6) is 0 Å². The van der Waals surface area contributed by atoms with Gasteiger partial charge in [-0.15, -0.1) is 0 Å². The van der Waals surface area contributed by atoms with Gasteiger partial charge in [-0.2, -0.15) is 0 Å². The van der Waals surface area contributed by atoms with Crippen molar-refractivity contribution in [2.75, 3.05) is 0 Å². The zero-order chi connectivity index (χ0) is 35.3. The monoisotopic (exact) mass is 680 g/mol. The van der Waals surface area contributed by atoms with Crippen molar-refractivity contribution in [2.45, 2.75) is 0 Å². The highest BCUT2D eigenvalue weighted by molar-refractivity contribution is 6.43. The SMILES string of the molecule is c1ccc(-c2ccc3c4c(ccc(-c5ccccc5)c24)-c2c-3c(-c3ccccc3)c3c(-c4ccccc4)ccc4c5cccc6cccc(c2c34)c65)cc1. The molecule has 1 aliphatic rings. The molecular weight excluding hydrogens is 649 g/mol. The molecule has 1 aliphatic carbocycles. The molecule has 0 spiro atoms. The van der Waals surface area contributed by atoms with E-state index in [-0.39, 0.29) is 0 Å². The van der Waals surface area contributed by atoms with Crippen molar-refractivity contribution in [3.8, 4) is 66.8 Å². The topological polar surface area (TPSA) is 0 Å². The van der Waals surface area contributed by atoms with Gasteiger partial charge in [0.15, 0.2) is 0 Å². The fraction of sp³-hybridized carbons (Fsp3) is 0. The van der Waals surface area contributed by atoms with Crippen molar-refractivity contribution in [1.29, 1.82) is 0 Å². The largest absolute Gasteiger partial charge is 0.0622 e. The minimum atomic E-state index is 1.23. The molecule has 248 valence electrons. The molecule has 0 N–H and O–H groups in total. The van der Waals surface area contributed by atoms with Gasteiger partial charge in [-0.1, -0.05) is 194 Å². The Morgan fingerprint density at radius 2 is 0.611 bits per heavy atom. The molecule has 0 unspecified atom stereocenters. The number of hydrogen-bond donors (Lipinski definition) is 0. The van der Waals surface area contributed by atoms with E-state index in [2.05, 4.69) is 194 Å². The summed E-state index contributed by atoms with van der Waals surface area (Å²) in [6, 6.07) is 72.1. The van der Waals surface area contributed by atoms with Crippen LogP contribution in [0.2, 0.25) is 0 Å². The Balaban J connectivity index is 1.38. The van der Waals surface area contributed by atoms with Gasteiger partial charge in [-0.05, 0) is 121 Å². The zero-order valence-corrected chi connectivity index (χ0v) is 29.5. The molecular formula is C54H32. The summed E-state index contributed by atoms with van der Waals surface area (Å²) in [5.74, 6) is 0. The molecule has 0 fully saturated rings. The predicted molar refractivity (Wildman–Crippen MR) is 231 cm³/mol. The van der Waals surface area contributed by atoms with Crippen molar-refractivity contribution in [3.63, 3.8) is 0 Å². The number of benzene rings is 11. The Labute approximate surface area is 313 Å². The molecule has 0 aliphatic heterocycles. The third kappa shape index (κ3) is 3.97. The molecule has 0 heteroatoms. The summed E-state index contributed by atoms with van der Waals surface area (Å²) in [5, 5.41) is 13.2. The van der Waals surface area contributed by atoms with E-state index in [0.717, 1.165) is 0 Å². The van der Waals surface area contributed by atoms with Crippen molar-refractivity contribution < 1.29 is 0 Å². The molecule has 0 saturated heterocycles. The molecule has 0 saturated carbocycles. The van der Waals surface area contributed by atoms with Crippen LogP contribution in [0, 0.1) is 0 Å². The van der Waals surface area contributed by atoms with Crippen LogP contribution in [0.1, 0.15) is 0 Å². The first-order valence-corrected chi connectivity index (χ1v) is 18.9. The van der Waals surface area contributed by atoms with Crippen LogP contribution in [0.15, 0.2) is 194 Å². The minimum absolute atomic E-state index is 1.23. The zero-order valence-electron chi connectivity index (χ0n) is 29.5. The van der Waals surface area contributed by atoms with Crippen molar-refractivity contribution >= 4 is 53.9 Å². The van der Waals surface area contributed by atoms with Crippen molar-refractivity contribution in [1.82, 2.24) is 0 Å². The number of hydrogen-bond acceptors (Lipinski definition) is 0. The summed E-state index contributed by atoms with van der Waals surface area (Å²) in [6.45, 7) is 0. The van der Waals surface area contributed by atoms with E-state index in [0.29, 0.717) is 0 Å². The van der Waals surface area contributed by atoms with Gasteiger partial charge in [0.25, 0.3) is 0 Å². The summed E-state index contributed by atoms with van der Waals surface area (Å²) in [7, 11) is 0.